The molecule has 0 aromatic heterocycles. The lowest BCUT2D eigenvalue weighted by molar-refractivity contribution is -0.385. The lowest BCUT2D eigenvalue weighted by Gasteiger charge is -2.07. The third-order valence-electron chi connectivity index (χ3n) is 2.47. The fourth-order valence-electron chi connectivity index (χ4n) is 1.38. The van der Waals surface area contributed by atoms with Crippen molar-refractivity contribution in [3.05, 3.63) is 33.6 Å². The minimum Gasteiger partial charge on any atom is -0.330 e. The first-order valence-corrected chi connectivity index (χ1v) is 6.92. The third kappa shape index (κ3) is 4.37. The number of hydrogen-bond donors (Lipinski definition) is 2. The van der Waals surface area contributed by atoms with Gasteiger partial charge in [0.2, 0.25) is 10.0 Å². The summed E-state index contributed by atoms with van der Waals surface area (Å²) in [6.07, 6.45) is 0.412. The number of benzene rings is 1. The Morgan fingerprint density at radius 1 is 1.45 bits per heavy atom. The Balaban J connectivity index is 0.00000361. The van der Waals surface area contributed by atoms with E-state index in [1.54, 1.807) is 0 Å². The van der Waals surface area contributed by atoms with Gasteiger partial charge in [0.1, 0.15) is 5.82 Å². The molecule has 114 valence electrons. The first-order chi connectivity index (χ1) is 8.79. The molecule has 3 N–H and O–H groups in total. The summed E-state index contributed by atoms with van der Waals surface area (Å²) >= 11 is 0. The van der Waals surface area contributed by atoms with Crippen LogP contribution in [0.1, 0.15) is 12.0 Å². The lowest BCUT2D eigenvalue weighted by atomic mass is 10.2. The third-order valence-corrected chi connectivity index (χ3v) is 3.91. The summed E-state index contributed by atoms with van der Waals surface area (Å²) in [5.74, 6) is -0.937. The predicted molar refractivity (Wildman–Crippen MR) is 73.9 cm³/mol. The summed E-state index contributed by atoms with van der Waals surface area (Å²) < 4.78 is 39.3. The highest BCUT2D eigenvalue weighted by atomic mass is 35.5. The topological polar surface area (TPSA) is 115 Å². The number of rotatable bonds is 6. The normalized spacial score (nSPS) is 10.9. The largest absolute Gasteiger partial charge is 0.330 e. The number of sulfonamides is 1. The van der Waals surface area contributed by atoms with Crippen molar-refractivity contribution in [2.75, 3.05) is 13.1 Å². The minimum atomic E-state index is -3.98. The van der Waals surface area contributed by atoms with E-state index in [1.165, 1.54) is 6.92 Å². The van der Waals surface area contributed by atoms with Gasteiger partial charge in [-0.15, -0.1) is 12.4 Å². The van der Waals surface area contributed by atoms with Gasteiger partial charge in [-0.05, 0) is 26.0 Å². The van der Waals surface area contributed by atoms with Crippen molar-refractivity contribution < 1.29 is 17.7 Å². The molecule has 20 heavy (non-hydrogen) atoms. The number of nitrogens with zero attached hydrogens (tertiary/aromatic N) is 1. The van der Waals surface area contributed by atoms with E-state index >= 15 is 0 Å². The number of nitrogens with one attached hydrogen (secondary N) is 1. The van der Waals surface area contributed by atoms with Crippen molar-refractivity contribution in [2.24, 2.45) is 5.73 Å². The maximum absolute atomic E-state index is 13.5. The summed E-state index contributed by atoms with van der Waals surface area (Å²) in [5.41, 5.74) is 4.45. The molecule has 0 bridgehead atoms. The lowest BCUT2D eigenvalue weighted by Crippen LogP contribution is -2.26. The molecule has 0 aliphatic carbocycles. The Labute approximate surface area is 122 Å². The fourth-order valence-corrected chi connectivity index (χ4v) is 2.48. The van der Waals surface area contributed by atoms with Gasteiger partial charge in [-0.25, -0.2) is 17.5 Å². The molecule has 0 amide bonds. The van der Waals surface area contributed by atoms with Gasteiger partial charge < -0.3 is 5.73 Å². The molecule has 7 nitrogen and oxygen atoms in total. The van der Waals surface area contributed by atoms with Crippen LogP contribution in [0.2, 0.25) is 0 Å². The second kappa shape index (κ2) is 7.48. The SMILES string of the molecule is Cc1c(F)cc(S(=O)(=O)NCCCN)cc1[N+](=O)[O-].Cl. The van der Waals surface area contributed by atoms with E-state index in [0.29, 0.717) is 13.0 Å². The van der Waals surface area contributed by atoms with E-state index in [1.807, 2.05) is 0 Å². The molecular formula is C10H15ClFN3O4S. The van der Waals surface area contributed by atoms with Crippen LogP contribution >= 0.6 is 12.4 Å². The number of hydrogen-bond acceptors (Lipinski definition) is 5. The number of halogens is 2. The smallest absolute Gasteiger partial charge is 0.276 e. The van der Waals surface area contributed by atoms with E-state index in [-0.39, 0.29) is 24.5 Å². The summed E-state index contributed by atoms with van der Waals surface area (Å²) in [6.45, 7) is 1.60. The molecule has 1 aromatic rings. The van der Waals surface area contributed by atoms with Crippen LogP contribution in [-0.2, 0) is 10.0 Å². The molecule has 0 radical (unpaired) electrons. The minimum absolute atomic E-state index is 0. The summed E-state index contributed by atoms with van der Waals surface area (Å²) in [7, 11) is -3.98. The van der Waals surface area contributed by atoms with E-state index < -0.39 is 31.3 Å². The quantitative estimate of drug-likeness (QED) is 0.461. The van der Waals surface area contributed by atoms with Gasteiger partial charge in [0.05, 0.1) is 15.4 Å². The fraction of sp³-hybridized carbons (Fsp3) is 0.400. The van der Waals surface area contributed by atoms with Crippen LogP contribution in [0.15, 0.2) is 17.0 Å². The summed E-state index contributed by atoms with van der Waals surface area (Å²) in [5, 5.41) is 10.7. The van der Waals surface area contributed by atoms with Gasteiger partial charge in [0.25, 0.3) is 5.69 Å². The zero-order valence-corrected chi connectivity index (χ0v) is 12.3. The van der Waals surface area contributed by atoms with Crippen molar-refractivity contribution in [1.29, 1.82) is 0 Å². The average Bonchev–Trinajstić information content (AvgIpc) is 2.32. The molecule has 0 unspecified atom stereocenters. The van der Waals surface area contributed by atoms with E-state index in [0.717, 1.165) is 12.1 Å². The van der Waals surface area contributed by atoms with Crippen molar-refractivity contribution in [1.82, 2.24) is 4.72 Å². The highest BCUT2D eigenvalue weighted by molar-refractivity contribution is 7.89. The van der Waals surface area contributed by atoms with E-state index in [4.69, 9.17) is 5.73 Å². The van der Waals surface area contributed by atoms with Gasteiger partial charge >= 0.3 is 0 Å². The van der Waals surface area contributed by atoms with Gasteiger partial charge in [0.15, 0.2) is 0 Å². The molecule has 1 rings (SSSR count). The molecule has 0 heterocycles. The van der Waals surface area contributed by atoms with Gasteiger partial charge in [-0.2, -0.15) is 0 Å². The number of nitro groups is 1. The standard InChI is InChI=1S/C10H14FN3O4S.ClH/c1-7-9(11)5-8(6-10(7)14(15)16)19(17,18)13-4-2-3-12;/h5-6,13H,2-4,12H2,1H3;1H. The second-order valence-electron chi connectivity index (χ2n) is 3.85. The Morgan fingerprint density at radius 3 is 2.55 bits per heavy atom. The molecule has 0 aliphatic heterocycles. The molecular weight excluding hydrogens is 313 g/mol. The Morgan fingerprint density at radius 2 is 2.05 bits per heavy atom. The van der Waals surface area contributed by atoms with E-state index in [2.05, 4.69) is 4.72 Å². The van der Waals surface area contributed by atoms with Crippen molar-refractivity contribution in [3.8, 4) is 0 Å². The van der Waals surface area contributed by atoms with Crippen LogP contribution < -0.4 is 10.5 Å². The van der Waals surface area contributed by atoms with Crippen LogP contribution in [0.4, 0.5) is 10.1 Å². The predicted octanol–water partition coefficient (Wildman–Crippen LogP) is 1.09. The zero-order chi connectivity index (χ0) is 14.6. The Kier molecular flexibility index (Phi) is 7.00. The highest BCUT2D eigenvalue weighted by Gasteiger charge is 2.22. The molecule has 0 fully saturated rings. The van der Waals surface area contributed by atoms with Crippen LogP contribution in [0.3, 0.4) is 0 Å². The van der Waals surface area contributed by atoms with Crippen molar-refractivity contribution in [2.45, 2.75) is 18.2 Å². The van der Waals surface area contributed by atoms with Gasteiger partial charge in [-0.1, -0.05) is 0 Å². The van der Waals surface area contributed by atoms with Gasteiger partial charge in [0, 0.05) is 12.6 Å². The summed E-state index contributed by atoms with van der Waals surface area (Å²) in [6, 6.07) is 1.59. The molecule has 10 heteroatoms. The van der Waals surface area contributed by atoms with Crippen LogP contribution in [0.25, 0.3) is 0 Å². The van der Waals surface area contributed by atoms with Crippen LogP contribution in [0.5, 0.6) is 0 Å². The van der Waals surface area contributed by atoms with Crippen LogP contribution in [-0.4, -0.2) is 26.4 Å². The highest BCUT2D eigenvalue weighted by Crippen LogP contribution is 2.25. The molecule has 0 aliphatic rings. The molecule has 0 saturated heterocycles. The van der Waals surface area contributed by atoms with Crippen molar-refractivity contribution >= 4 is 28.1 Å². The maximum atomic E-state index is 13.5. The number of nitro benzene ring substituents is 1. The first kappa shape index (κ1) is 18.7. The van der Waals surface area contributed by atoms with Gasteiger partial charge in [-0.3, -0.25) is 10.1 Å². The zero-order valence-electron chi connectivity index (χ0n) is 10.6. The summed E-state index contributed by atoms with van der Waals surface area (Å²) in [4.78, 5) is 9.43. The average molecular weight is 328 g/mol. The molecule has 1 aromatic carbocycles. The van der Waals surface area contributed by atoms with E-state index in [9.17, 15) is 22.9 Å². The molecule has 0 atom stereocenters. The Hall–Kier alpha value is -1.29. The molecule has 0 saturated carbocycles. The first-order valence-electron chi connectivity index (χ1n) is 5.44. The monoisotopic (exact) mass is 327 g/mol. The Bertz CT molecular complexity index is 594. The van der Waals surface area contributed by atoms with Crippen LogP contribution in [0, 0.1) is 22.9 Å². The molecule has 0 spiro atoms. The van der Waals surface area contributed by atoms with Crippen molar-refractivity contribution in [3.63, 3.8) is 0 Å². The maximum Gasteiger partial charge on any atom is 0.276 e. The second-order valence-corrected chi connectivity index (χ2v) is 5.61. The number of nitrogens with two attached hydrogens (primary N) is 1.